The molecule has 1 N–H and O–H groups in total. The predicted octanol–water partition coefficient (Wildman–Crippen LogP) is 0.714. The Bertz CT molecular complexity index is 169. The van der Waals surface area contributed by atoms with Crippen LogP contribution in [0.1, 0.15) is 26.2 Å². The van der Waals surface area contributed by atoms with E-state index in [0.717, 1.165) is 0 Å². The van der Waals surface area contributed by atoms with Crippen molar-refractivity contribution in [2.45, 2.75) is 32.3 Å². The lowest BCUT2D eigenvalue weighted by molar-refractivity contribution is -0.143. The van der Waals surface area contributed by atoms with E-state index in [1.807, 2.05) is 0 Å². The van der Waals surface area contributed by atoms with Gasteiger partial charge in [0.25, 0.3) is 0 Å². The normalized spacial score (nSPS) is 11.8. The van der Waals surface area contributed by atoms with E-state index >= 15 is 0 Å². The van der Waals surface area contributed by atoms with Gasteiger partial charge in [0, 0.05) is 12.8 Å². The zero-order valence-electron chi connectivity index (χ0n) is 7.25. The van der Waals surface area contributed by atoms with Crippen LogP contribution >= 0.6 is 0 Å². The van der Waals surface area contributed by atoms with Gasteiger partial charge >= 0.3 is 5.97 Å². The van der Waals surface area contributed by atoms with Gasteiger partial charge in [-0.1, -0.05) is 0 Å². The van der Waals surface area contributed by atoms with Gasteiger partial charge in [-0.3, -0.25) is 4.79 Å². The number of terminal acetylenes is 1. The molecule has 0 fully saturated rings. The first-order chi connectivity index (χ1) is 5.70. The van der Waals surface area contributed by atoms with Crippen LogP contribution in [0.2, 0.25) is 0 Å². The van der Waals surface area contributed by atoms with Crippen LogP contribution in [0.3, 0.4) is 0 Å². The lowest BCUT2D eigenvalue weighted by atomic mass is 10.1. The molecule has 12 heavy (non-hydrogen) atoms. The van der Waals surface area contributed by atoms with Gasteiger partial charge < -0.3 is 9.84 Å². The van der Waals surface area contributed by atoms with Crippen molar-refractivity contribution in [1.82, 2.24) is 0 Å². The first-order valence-electron chi connectivity index (χ1n) is 3.97. The number of carbonyl (C=O) groups is 1. The van der Waals surface area contributed by atoms with Gasteiger partial charge in [-0.2, -0.15) is 0 Å². The van der Waals surface area contributed by atoms with E-state index in [2.05, 4.69) is 10.7 Å². The summed E-state index contributed by atoms with van der Waals surface area (Å²) in [7, 11) is 0. The fourth-order valence-corrected chi connectivity index (χ4v) is 0.756. The van der Waals surface area contributed by atoms with Crippen molar-refractivity contribution in [3.8, 4) is 12.3 Å². The van der Waals surface area contributed by atoms with Crippen LogP contribution in [-0.2, 0) is 9.53 Å². The number of rotatable bonds is 5. The third kappa shape index (κ3) is 5.75. The van der Waals surface area contributed by atoms with E-state index in [-0.39, 0.29) is 12.4 Å². The maximum Gasteiger partial charge on any atom is 0.305 e. The molecule has 0 aliphatic carbocycles. The smallest absolute Gasteiger partial charge is 0.305 e. The van der Waals surface area contributed by atoms with Crippen molar-refractivity contribution in [3.63, 3.8) is 0 Å². The molecule has 0 aliphatic heterocycles. The molecule has 0 amide bonds. The number of carbonyl (C=O) groups excluding carboxylic acids is 1. The van der Waals surface area contributed by atoms with Gasteiger partial charge in [0.05, 0.1) is 12.7 Å². The second kappa shape index (κ2) is 6.68. The molecule has 0 saturated heterocycles. The molecule has 0 aromatic carbocycles. The Labute approximate surface area is 72.7 Å². The molecule has 3 heteroatoms. The van der Waals surface area contributed by atoms with Crippen LogP contribution < -0.4 is 0 Å². The summed E-state index contributed by atoms with van der Waals surface area (Å²) in [6.45, 7) is 2.12. The maximum absolute atomic E-state index is 10.8. The highest BCUT2D eigenvalue weighted by molar-refractivity contribution is 5.69. The topological polar surface area (TPSA) is 46.5 Å². The number of esters is 1. The Balaban J connectivity index is 3.41. The van der Waals surface area contributed by atoms with E-state index in [4.69, 9.17) is 11.5 Å². The lowest BCUT2D eigenvalue weighted by Crippen LogP contribution is -2.10. The highest BCUT2D eigenvalue weighted by atomic mass is 16.5. The summed E-state index contributed by atoms with van der Waals surface area (Å²) in [6.07, 6.45) is 5.29. The maximum atomic E-state index is 10.8. The minimum Gasteiger partial charge on any atom is -0.466 e. The minimum absolute atomic E-state index is 0.233. The van der Waals surface area contributed by atoms with Crippen LogP contribution in [0.5, 0.6) is 0 Å². The van der Waals surface area contributed by atoms with Crippen molar-refractivity contribution in [3.05, 3.63) is 0 Å². The molecule has 3 nitrogen and oxygen atoms in total. The van der Waals surface area contributed by atoms with Crippen LogP contribution in [0, 0.1) is 12.3 Å². The Morgan fingerprint density at radius 3 is 2.92 bits per heavy atom. The first-order valence-corrected chi connectivity index (χ1v) is 3.97. The predicted molar refractivity (Wildman–Crippen MR) is 45.3 cm³/mol. The molecule has 0 radical (unpaired) electrons. The van der Waals surface area contributed by atoms with E-state index < -0.39 is 6.10 Å². The van der Waals surface area contributed by atoms with E-state index in [1.54, 1.807) is 6.92 Å². The summed E-state index contributed by atoms with van der Waals surface area (Å²) in [5.41, 5.74) is 0. The fourth-order valence-electron chi connectivity index (χ4n) is 0.756. The average molecular weight is 170 g/mol. The van der Waals surface area contributed by atoms with E-state index in [9.17, 15) is 4.79 Å². The Morgan fingerprint density at radius 1 is 1.75 bits per heavy atom. The third-order valence-electron chi connectivity index (χ3n) is 1.34. The molecular weight excluding hydrogens is 156 g/mol. The fraction of sp³-hybridized carbons (Fsp3) is 0.667. The van der Waals surface area contributed by atoms with Crippen LogP contribution in [0.15, 0.2) is 0 Å². The van der Waals surface area contributed by atoms with Crippen molar-refractivity contribution in [2.24, 2.45) is 0 Å². The summed E-state index contributed by atoms with van der Waals surface area (Å²) in [5, 5.41) is 9.12. The molecule has 0 aromatic rings. The summed E-state index contributed by atoms with van der Waals surface area (Å²) < 4.78 is 4.67. The molecule has 1 atom stereocenters. The monoisotopic (exact) mass is 170 g/mol. The SMILES string of the molecule is C#CC[C@H](O)CCC(=O)OCC. The molecule has 68 valence electrons. The van der Waals surface area contributed by atoms with Gasteiger partial charge in [-0.15, -0.1) is 12.3 Å². The average Bonchev–Trinajstić information content (AvgIpc) is 2.02. The Hall–Kier alpha value is -1.01. The van der Waals surface area contributed by atoms with E-state index in [1.165, 1.54) is 0 Å². The standard InChI is InChI=1S/C9H14O3/c1-3-5-8(10)6-7-9(11)12-4-2/h1,8,10H,4-7H2,2H3/t8-/m0/s1. The summed E-state index contributed by atoms with van der Waals surface area (Å²) in [6, 6.07) is 0. The van der Waals surface area contributed by atoms with Crippen molar-refractivity contribution < 1.29 is 14.6 Å². The number of ether oxygens (including phenoxy) is 1. The molecule has 0 unspecified atom stereocenters. The Kier molecular flexibility index (Phi) is 6.12. The van der Waals surface area contributed by atoms with Crippen LogP contribution in [0.25, 0.3) is 0 Å². The highest BCUT2D eigenvalue weighted by Crippen LogP contribution is 2.01. The molecule has 0 aromatic heterocycles. The van der Waals surface area contributed by atoms with Crippen LogP contribution in [-0.4, -0.2) is 23.8 Å². The molecule has 0 saturated carbocycles. The van der Waals surface area contributed by atoms with E-state index in [0.29, 0.717) is 19.4 Å². The highest BCUT2D eigenvalue weighted by Gasteiger charge is 2.06. The summed E-state index contributed by atoms with van der Waals surface area (Å²) in [5.74, 6) is 2.04. The van der Waals surface area contributed by atoms with Gasteiger partial charge in [-0.05, 0) is 13.3 Å². The third-order valence-corrected chi connectivity index (χ3v) is 1.34. The van der Waals surface area contributed by atoms with Crippen molar-refractivity contribution >= 4 is 5.97 Å². The number of hydrogen-bond acceptors (Lipinski definition) is 3. The zero-order chi connectivity index (χ0) is 9.40. The van der Waals surface area contributed by atoms with Crippen LogP contribution in [0.4, 0.5) is 0 Å². The first kappa shape index (κ1) is 11.0. The van der Waals surface area contributed by atoms with Gasteiger partial charge in [-0.25, -0.2) is 0 Å². The minimum atomic E-state index is -0.584. The summed E-state index contributed by atoms with van der Waals surface area (Å²) in [4.78, 5) is 10.8. The second-order valence-electron chi connectivity index (χ2n) is 2.41. The largest absolute Gasteiger partial charge is 0.466 e. The van der Waals surface area contributed by atoms with Crippen molar-refractivity contribution in [1.29, 1.82) is 0 Å². The second-order valence-corrected chi connectivity index (χ2v) is 2.41. The van der Waals surface area contributed by atoms with Crippen molar-refractivity contribution in [2.75, 3.05) is 6.61 Å². The Morgan fingerprint density at radius 2 is 2.42 bits per heavy atom. The lowest BCUT2D eigenvalue weighted by Gasteiger charge is -2.05. The van der Waals surface area contributed by atoms with Gasteiger partial charge in [0.1, 0.15) is 0 Å². The zero-order valence-corrected chi connectivity index (χ0v) is 7.25. The quantitative estimate of drug-likeness (QED) is 0.488. The number of hydrogen-bond donors (Lipinski definition) is 1. The molecule has 0 heterocycles. The molecule has 0 bridgehead atoms. The molecule has 0 rings (SSSR count). The van der Waals surface area contributed by atoms with Gasteiger partial charge in [0.2, 0.25) is 0 Å². The molecule has 0 aliphatic rings. The number of aliphatic hydroxyl groups is 1. The molecular formula is C9H14O3. The van der Waals surface area contributed by atoms with Gasteiger partial charge in [0.15, 0.2) is 0 Å². The number of aliphatic hydroxyl groups excluding tert-OH is 1. The summed E-state index contributed by atoms with van der Waals surface area (Å²) >= 11 is 0. The molecule has 0 spiro atoms.